The molecule has 0 aliphatic rings. The van der Waals surface area contributed by atoms with Gasteiger partial charge in [-0.3, -0.25) is 0 Å². The first-order valence-corrected chi connectivity index (χ1v) is 10.6. The lowest BCUT2D eigenvalue weighted by Crippen LogP contribution is -2.18. The van der Waals surface area contributed by atoms with Crippen LogP contribution in [-0.2, 0) is 16.1 Å². The van der Waals surface area contributed by atoms with Gasteiger partial charge in [0, 0.05) is 6.54 Å². The summed E-state index contributed by atoms with van der Waals surface area (Å²) < 4.78 is 74.9. The average Bonchev–Trinajstić information content (AvgIpc) is 2.84. The van der Waals surface area contributed by atoms with Crippen LogP contribution in [0.1, 0.15) is 18.1 Å². The average molecular weight is 479 g/mol. The summed E-state index contributed by atoms with van der Waals surface area (Å²) in [7, 11) is 0. The highest BCUT2D eigenvalue weighted by Crippen LogP contribution is 2.38. The number of ether oxygens (including phenoxy) is 1. The molecule has 172 valence electrons. The van der Waals surface area contributed by atoms with Gasteiger partial charge in [-0.1, -0.05) is 72.4 Å². The third-order valence-corrected chi connectivity index (χ3v) is 5.57. The molecule has 1 N–H and O–H groups in total. The molecule has 3 rings (SSSR count). The first-order chi connectivity index (χ1) is 15.8. The number of rotatable bonds is 8. The van der Waals surface area contributed by atoms with Crippen LogP contribution >= 0.6 is 11.8 Å². The van der Waals surface area contributed by atoms with Gasteiger partial charge in [0.05, 0.1) is 17.2 Å². The zero-order chi connectivity index (χ0) is 24.0. The standard InChI is InChI=1S/C24H18F5NO2S/c1-2-32-24(31)23(33-22-19(28)17(26)16(25)18(27)20(22)29)21(15-11-7-4-8-12-15)30-13-14-9-5-3-6-10-14/h3-12,30H,2,13H2,1H3/b23-21+. The lowest BCUT2D eigenvalue weighted by Gasteiger charge is -2.18. The van der Waals surface area contributed by atoms with Gasteiger partial charge in [-0.05, 0) is 18.1 Å². The molecular weight excluding hydrogens is 461 g/mol. The first kappa shape index (κ1) is 24.3. The third-order valence-electron chi connectivity index (χ3n) is 4.44. The van der Waals surface area contributed by atoms with E-state index in [2.05, 4.69) is 5.32 Å². The largest absolute Gasteiger partial charge is 0.462 e. The smallest absolute Gasteiger partial charge is 0.347 e. The molecule has 0 atom stereocenters. The van der Waals surface area contributed by atoms with Crippen LogP contribution in [0.15, 0.2) is 70.5 Å². The lowest BCUT2D eigenvalue weighted by molar-refractivity contribution is -0.137. The van der Waals surface area contributed by atoms with E-state index in [4.69, 9.17) is 4.74 Å². The van der Waals surface area contributed by atoms with E-state index in [1.165, 1.54) is 6.92 Å². The second-order valence-electron chi connectivity index (χ2n) is 6.63. The number of carbonyl (C=O) groups is 1. The molecule has 0 saturated carbocycles. The van der Waals surface area contributed by atoms with Crippen molar-refractivity contribution < 1.29 is 31.5 Å². The molecule has 0 fully saturated rings. The number of hydrogen-bond donors (Lipinski definition) is 1. The maximum atomic E-state index is 14.4. The van der Waals surface area contributed by atoms with E-state index < -0.39 is 40.0 Å². The van der Waals surface area contributed by atoms with Crippen LogP contribution in [0.5, 0.6) is 0 Å². The highest BCUT2D eigenvalue weighted by Gasteiger charge is 2.30. The Kier molecular flexibility index (Phi) is 8.11. The van der Waals surface area contributed by atoms with E-state index in [9.17, 15) is 26.7 Å². The molecular formula is C24H18F5NO2S. The summed E-state index contributed by atoms with van der Waals surface area (Å²) in [5.74, 6) is -11.5. The summed E-state index contributed by atoms with van der Waals surface area (Å²) in [6.45, 7) is 1.67. The van der Waals surface area contributed by atoms with Crippen molar-refractivity contribution in [3.63, 3.8) is 0 Å². The number of benzene rings is 3. The van der Waals surface area contributed by atoms with Crippen LogP contribution in [0.25, 0.3) is 5.70 Å². The monoisotopic (exact) mass is 479 g/mol. The summed E-state index contributed by atoms with van der Waals surface area (Å²) in [6, 6.07) is 17.4. The molecule has 9 heteroatoms. The first-order valence-electron chi connectivity index (χ1n) is 9.79. The Bertz CT molecular complexity index is 1140. The number of nitrogens with one attached hydrogen (secondary N) is 1. The van der Waals surface area contributed by atoms with Gasteiger partial charge < -0.3 is 10.1 Å². The Morgan fingerprint density at radius 1 is 0.818 bits per heavy atom. The predicted octanol–water partition coefficient (Wildman–Crippen LogP) is 6.20. The molecule has 3 aromatic carbocycles. The van der Waals surface area contributed by atoms with Gasteiger partial charge >= 0.3 is 5.97 Å². The second kappa shape index (κ2) is 11.0. The molecule has 0 saturated heterocycles. The van der Waals surface area contributed by atoms with Crippen LogP contribution in [0.4, 0.5) is 22.0 Å². The van der Waals surface area contributed by atoms with Crippen LogP contribution in [0.3, 0.4) is 0 Å². The fourth-order valence-electron chi connectivity index (χ4n) is 2.87. The zero-order valence-electron chi connectivity index (χ0n) is 17.3. The minimum Gasteiger partial charge on any atom is -0.462 e. The highest BCUT2D eigenvalue weighted by molar-refractivity contribution is 8.04. The third kappa shape index (κ3) is 5.54. The molecule has 0 aliphatic carbocycles. The zero-order valence-corrected chi connectivity index (χ0v) is 18.1. The molecule has 0 heterocycles. The number of carbonyl (C=O) groups excluding carboxylic acids is 1. The normalized spacial score (nSPS) is 11.7. The van der Waals surface area contributed by atoms with E-state index in [0.29, 0.717) is 5.56 Å². The Morgan fingerprint density at radius 3 is 1.88 bits per heavy atom. The molecule has 33 heavy (non-hydrogen) atoms. The van der Waals surface area contributed by atoms with Crippen LogP contribution in [0, 0.1) is 29.1 Å². The van der Waals surface area contributed by atoms with Gasteiger partial charge in [0.2, 0.25) is 5.82 Å². The van der Waals surface area contributed by atoms with Gasteiger partial charge in [0.1, 0.15) is 4.91 Å². The highest BCUT2D eigenvalue weighted by atomic mass is 32.2. The molecule has 0 spiro atoms. The quantitative estimate of drug-likeness (QED) is 0.104. The SMILES string of the molecule is CCOC(=O)/C(Sc1c(F)c(F)c(F)c(F)c1F)=C(\NCc1ccccc1)c1ccccc1. The Morgan fingerprint density at radius 2 is 1.33 bits per heavy atom. The van der Waals surface area contributed by atoms with Gasteiger partial charge in [-0.15, -0.1) is 0 Å². The van der Waals surface area contributed by atoms with Gasteiger partial charge in [0.15, 0.2) is 23.3 Å². The van der Waals surface area contributed by atoms with Crippen molar-refractivity contribution in [3.8, 4) is 0 Å². The summed E-state index contributed by atoms with van der Waals surface area (Å²) in [5, 5.41) is 3.04. The lowest BCUT2D eigenvalue weighted by atomic mass is 10.1. The predicted molar refractivity (Wildman–Crippen MR) is 115 cm³/mol. The molecule has 0 aliphatic heterocycles. The van der Waals surface area contributed by atoms with Crippen molar-refractivity contribution in [2.24, 2.45) is 0 Å². The molecule has 0 bridgehead atoms. The van der Waals surface area contributed by atoms with Gasteiger partial charge in [0.25, 0.3) is 0 Å². The molecule has 0 unspecified atom stereocenters. The van der Waals surface area contributed by atoms with E-state index in [1.807, 2.05) is 18.2 Å². The Balaban J connectivity index is 2.16. The van der Waals surface area contributed by atoms with Gasteiger partial charge in [-0.25, -0.2) is 26.7 Å². The van der Waals surface area contributed by atoms with Gasteiger partial charge in [-0.2, -0.15) is 0 Å². The fourth-order valence-corrected chi connectivity index (χ4v) is 3.87. The Labute approximate surface area is 191 Å². The van der Waals surface area contributed by atoms with Crippen molar-refractivity contribution in [1.29, 1.82) is 0 Å². The fraction of sp³-hybridized carbons (Fsp3) is 0.125. The summed E-state index contributed by atoms with van der Waals surface area (Å²) in [6.07, 6.45) is 0. The van der Waals surface area contributed by atoms with E-state index in [1.54, 1.807) is 42.5 Å². The maximum absolute atomic E-state index is 14.4. The number of hydrogen-bond acceptors (Lipinski definition) is 4. The Hall–Kier alpha value is -3.33. The molecule has 3 nitrogen and oxygen atoms in total. The minimum absolute atomic E-state index is 0.0687. The number of thioether (sulfide) groups is 1. The van der Waals surface area contributed by atoms with Crippen molar-refractivity contribution in [1.82, 2.24) is 5.32 Å². The topological polar surface area (TPSA) is 38.3 Å². The molecule has 0 amide bonds. The molecule has 0 aromatic heterocycles. The molecule has 0 radical (unpaired) electrons. The maximum Gasteiger partial charge on any atom is 0.347 e. The summed E-state index contributed by atoms with van der Waals surface area (Å²) >= 11 is 0.111. The minimum atomic E-state index is -2.28. The van der Waals surface area contributed by atoms with Crippen LogP contribution in [-0.4, -0.2) is 12.6 Å². The second-order valence-corrected chi connectivity index (χ2v) is 7.65. The van der Waals surface area contributed by atoms with Crippen LogP contribution < -0.4 is 5.32 Å². The van der Waals surface area contributed by atoms with E-state index >= 15 is 0 Å². The van der Waals surface area contributed by atoms with Crippen molar-refractivity contribution in [3.05, 3.63) is 106 Å². The summed E-state index contributed by atoms with van der Waals surface area (Å²) in [5.41, 5.74) is 1.40. The molecule has 3 aromatic rings. The van der Waals surface area contributed by atoms with Crippen molar-refractivity contribution >= 4 is 23.4 Å². The van der Waals surface area contributed by atoms with Crippen LogP contribution in [0.2, 0.25) is 0 Å². The van der Waals surface area contributed by atoms with Crippen molar-refractivity contribution in [2.75, 3.05) is 6.61 Å². The number of esters is 1. The van der Waals surface area contributed by atoms with E-state index in [0.717, 1.165) is 5.56 Å². The number of halogens is 5. The summed E-state index contributed by atoms with van der Waals surface area (Å²) in [4.78, 5) is 11.2. The van der Waals surface area contributed by atoms with Crippen molar-refractivity contribution in [2.45, 2.75) is 18.4 Å². The van der Waals surface area contributed by atoms with E-state index in [-0.39, 0.29) is 35.5 Å².